The van der Waals surface area contributed by atoms with Gasteiger partial charge in [-0.15, -0.1) is 5.10 Å². The number of tetrazole rings is 1. The van der Waals surface area contributed by atoms with E-state index in [9.17, 15) is 4.79 Å². The van der Waals surface area contributed by atoms with Crippen LogP contribution in [-0.4, -0.2) is 37.2 Å². The lowest BCUT2D eigenvalue weighted by Crippen LogP contribution is -2.32. The molecule has 0 spiro atoms. The molecule has 5 rings (SSSR count). The minimum absolute atomic E-state index is 0.0317. The van der Waals surface area contributed by atoms with Gasteiger partial charge in [-0.3, -0.25) is 9.69 Å². The number of nitrogens with zero attached hydrogens (tertiary/aromatic N) is 5. The smallest absolute Gasteiger partial charge is 0.252 e. The van der Waals surface area contributed by atoms with Gasteiger partial charge in [-0.05, 0) is 77.4 Å². The Morgan fingerprint density at radius 3 is 2.61 bits per heavy atom. The molecule has 1 fully saturated rings. The summed E-state index contributed by atoms with van der Waals surface area (Å²) in [6.45, 7) is 5.34. The van der Waals surface area contributed by atoms with Crippen LogP contribution in [0.1, 0.15) is 73.6 Å². The second kappa shape index (κ2) is 10.6. The summed E-state index contributed by atoms with van der Waals surface area (Å²) in [7, 11) is 1.67. The molecule has 1 aliphatic rings. The Labute approximate surface area is 211 Å². The summed E-state index contributed by atoms with van der Waals surface area (Å²) in [6, 6.07) is 16.6. The van der Waals surface area contributed by atoms with E-state index in [4.69, 9.17) is 4.74 Å². The Bertz CT molecular complexity index is 1370. The first kappa shape index (κ1) is 24.2. The van der Waals surface area contributed by atoms with Gasteiger partial charge in [0.1, 0.15) is 5.75 Å². The lowest BCUT2D eigenvalue weighted by atomic mass is 10.1. The van der Waals surface area contributed by atoms with Crippen molar-refractivity contribution in [2.24, 2.45) is 0 Å². The van der Waals surface area contributed by atoms with Crippen LogP contribution in [0, 0.1) is 6.92 Å². The summed E-state index contributed by atoms with van der Waals surface area (Å²) in [5.41, 5.74) is 3.80. The number of ether oxygens (including phenoxy) is 1. The fourth-order valence-corrected chi connectivity index (χ4v) is 5.37. The fourth-order valence-electron chi connectivity index (χ4n) is 5.37. The van der Waals surface area contributed by atoms with Gasteiger partial charge in [-0.25, -0.2) is 4.68 Å². The van der Waals surface area contributed by atoms with Gasteiger partial charge in [0.05, 0.1) is 19.2 Å². The number of fused-ring (bicyclic) bond motifs is 1. The summed E-state index contributed by atoms with van der Waals surface area (Å²) >= 11 is 0. The molecule has 1 saturated carbocycles. The minimum Gasteiger partial charge on any atom is -0.497 e. The third kappa shape index (κ3) is 5.04. The zero-order valence-corrected chi connectivity index (χ0v) is 21.3. The van der Waals surface area contributed by atoms with Crippen molar-refractivity contribution in [1.82, 2.24) is 30.1 Å². The van der Waals surface area contributed by atoms with Crippen molar-refractivity contribution in [2.75, 3.05) is 7.11 Å². The highest BCUT2D eigenvalue weighted by atomic mass is 16.5. The van der Waals surface area contributed by atoms with Gasteiger partial charge in [-0.1, -0.05) is 44.0 Å². The Morgan fingerprint density at radius 2 is 1.89 bits per heavy atom. The number of aromatic nitrogens is 5. The number of pyridine rings is 1. The molecule has 0 amide bonds. The lowest BCUT2D eigenvalue weighted by molar-refractivity contribution is 0.158. The van der Waals surface area contributed by atoms with E-state index in [1.807, 2.05) is 35.9 Å². The number of methoxy groups -OCH3 is 1. The molecule has 2 heterocycles. The summed E-state index contributed by atoms with van der Waals surface area (Å²) in [6.07, 6.45) is 5.46. The number of hydrogen-bond acceptors (Lipinski definition) is 6. The van der Waals surface area contributed by atoms with Crippen molar-refractivity contribution in [3.8, 4) is 5.75 Å². The zero-order chi connectivity index (χ0) is 25.1. The summed E-state index contributed by atoms with van der Waals surface area (Å²) in [5, 5.41) is 14.0. The first-order chi connectivity index (χ1) is 17.6. The van der Waals surface area contributed by atoms with Crippen LogP contribution < -0.4 is 10.3 Å². The Hall–Kier alpha value is -3.52. The van der Waals surface area contributed by atoms with Crippen molar-refractivity contribution in [1.29, 1.82) is 0 Å². The van der Waals surface area contributed by atoms with Crippen molar-refractivity contribution >= 4 is 10.9 Å². The van der Waals surface area contributed by atoms with Gasteiger partial charge < -0.3 is 9.72 Å². The molecule has 1 atom stereocenters. The van der Waals surface area contributed by atoms with Crippen molar-refractivity contribution in [3.05, 3.63) is 81.4 Å². The Kier molecular flexibility index (Phi) is 7.13. The SMILES string of the molecule is CCC(c1nnnn1C1CCCC1)N(Cc1ccc(OC)cc1)Cc1cc2ccc(C)cc2[nH]c1=O. The van der Waals surface area contributed by atoms with Gasteiger partial charge in [-0.2, -0.15) is 0 Å². The molecular formula is C28H34N6O2. The van der Waals surface area contributed by atoms with Crippen molar-refractivity contribution < 1.29 is 4.74 Å². The van der Waals surface area contributed by atoms with Crippen LogP contribution in [0.3, 0.4) is 0 Å². The van der Waals surface area contributed by atoms with E-state index in [0.717, 1.165) is 58.4 Å². The average Bonchev–Trinajstić information content (AvgIpc) is 3.58. The highest BCUT2D eigenvalue weighted by Gasteiger charge is 2.29. The second-order valence-electron chi connectivity index (χ2n) is 9.81. The van der Waals surface area contributed by atoms with E-state index in [1.165, 1.54) is 12.8 Å². The Balaban J connectivity index is 1.52. The summed E-state index contributed by atoms with van der Waals surface area (Å²) in [4.78, 5) is 18.6. The number of aryl methyl sites for hydroxylation is 1. The van der Waals surface area contributed by atoms with E-state index >= 15 is 0 Å². The molecule has 2 aromatic heterocycles. The first-order valence-electron chi connectivity index (χ1n) is 12.8. The molecular weight excluding hydrogens is 452 g/mol. The molecule has 36 heavy (non-hydrogen) atoms. The van der Waals surface area contributed by atoms with Gasteiger partial charge in [0, 0.05) is 24.2 Å². The van der Waals surface area contributed by atoms with Crippen molar-refractivity contribution in [2.45, 2.75) is 71.1 Å². The Morgan fingerprint density at radius 1 is 1.11 bits per heavy atom. The third-order valence-corrected chi connectivity index (χ3v) is 7.31. The second-order valence-corrected chi connectivity index (χ2v) is 9.81. The maximum Gasteiger partial charge on any atom is 0.252 e. The molecule has 0 saturated heterocycles. The molecule has 8 heteroatoms. The molecule has 0 bridgehead atoms. The molecule has 1 N–H and O–H groups in total. The van der Waals surface area contributed by atoms with E-state index in [0.29, 0.717) is 19.1 Å². The van der Waals surface area contributed by atoms with E-state index in [-0.39, 0.29) is 11.6 Å². The normalized spacial score (nSPS) is 15.1. The predicted molar refractivity (Wildman–Crippen MR) is 140 cm³/mol. The standard InChI is InChI=1S/C28H34N6O2/c1-4-26(27-30-31-32-34(27)23-7-5-6-8-23)33(17-20-10-13-24(36-3)14-11-20)18-22-16-21-12-9-19(2)15-25(21)29-28(22)35/h9-16,23,26H,4-8,17-18H2,1-3H3,(H,29,35). The van der Waals surface area contributed by atoms with Crippen molar-refractivity contribution in [3.63, 3.8) is 0 Å². The van der Waals surface area contributed by atoms with Crippen LogP contribution in [0.5, 0.6) is 5.75 Å². The number of rotatable bonds is 9. The summed E-state index contributed by atoms with van der Waals surface area (Å²) in [5.74, 6) is 1.70. The molecule has 1 unspecified atom stereocenters. The molecule has 0 aliphatic heterocycles. The number of nitrogens with one attached hydrogen (secondary N) is 1. The zero-order valence-electron chi connectivity index (χ0n) is 21.3. The minimum atomic E-state index is -0.0573. The maximum absolute atomic E-state index is 13.1. The van der Waals surface area contributed by atoms with Gasteiger partial charge in [0.15, 0.2) is 5.82 Å². The quantitative estimate of drug-likeness (QED) is 0.354. The molecule has 2 aromatic carbocycles. The number of hydrogen-bond donors (Lipinski definition) is 1. The number of H-pyrrole nitrogens is 1. The molecule has 1 aliphatic carbocycles. The fraction of sp³-hybridized carbons (Fsp3) is 0.429. The van der Waals surface area contributed by atoms with Crippen LogP contribution in [0.2, 0.25) is 0 Å². The number of benzene rings is 2. The first-order valence-corrected chi connectivity index (χ1v) is 12.8. The van der Waals surface area contributed by atoms with E-state index in [1.54, 1.807) is 7.11 Å². The van der Waals surface area contributed by atoms with Crippen LogP contribution in [-0.2, 0) is 13.1 Å². The van der Waals surface area contributed by atoms with E-state index in [2.05, 4.69) is 56.6 Å². The topological polar surface area (TPSA) is 88.9 Å². The number of aromatic amines is 1. The molecule has 188 valence electrons. The summed E-state index contributed by atoms with van der Waals surface area (Å²) < 4.78 is 7.38. The maximum atomic E-state index is 13.1. The van der Waals surface area contributed by atoms with Gasteiger partial charge in [0.2, 0.25) is 0 Å². The van der Waals surface area contributed by atoms with Crippen LogP contribution >= 0.6 is 0 Å². The predicted octanol–water partition coefficient (Wildman–Crippen LogP) is 5.10. The van der Waals surface area contributed by atoms with Gasteiger partial charge >= 0.3 is 0 Å². The molecule has 8 nitrogen and oxygen atoms in total. The van der Waals surface area contributed by atoms with Crippen LogP contribution in [0.4, 0.5) is 0 Å². The lowest BCUT2D eigenvalue weighted by Gasteiger charge is -2.31. The highest BCUT2D eigenvalue weighted by molar-refractivity contribution is 5.79. The largest absolute Gasteiger partial charge is 0.497 e. The highest BCUT2D eigenvalue weighted by Crippen LogP contribution is 2.33. The monoisotopic (exact) mass is 486 g/mol. The van der Waals surface area contributed by atoms with E-state index < -0.39 is 0 Å². The average molecular weight is 487 g/mol. The van der Waals surface area contributed by atoms with Gasteiger partial charge in [0.25, 0.3) is 5.56 Å². The third-order valence-electron chi connectivity index (χ3n) is 7.31. The molecule has 4 aromatic rings. The van der Waals surface area contributed by atoms with Crippen LogP contribution in [0.15, 0.2) is 53.3 Å². The molecule has 0 radical (unpaired) electrons. The van der Waals surface area contributed by atoms with Crippen LogP contribution in [0.25, 0.3) is 10.9 Å².